The highest BCUT2D eigenvalue weighted by Gasteiger charge is 2.11. The van der Waals surface area contributed by atoms with Crippen LogP contribution in [0.5, 0.6) is 0 Å². The molecule has 0 spiro atoms. The third kappa shape index (κ3) is 2.23. The Hall–Kier alpha value is -1.40. The number of aromatic nitrogens is 4. The van der Waals surface area contributed by atoms with Crippen LogP contribution in [0.25, 0.3) is 0 Å². The molecule has 0 unspecified atom stereocenters. The second kappa shape index (κ2) is 4.63. The molecule has 2 rings (SSSR count). The molecule has 0 aromatic carbocycles. The Morgan fingerprint density at radius 2 is 2.25 bits per heavy atom. The van der Waals surface area contributed by atoms with E-state index < -0.39 is 0 Å². The zero-order valence-electron chi connectivity index (χ0n) is 9.16. The Morgan fingerprint density at radius 1 is 1.44 bits per heavy atom. The van der Waals surface area contributed by atoms with E-state index in [4.69, 9.17) is 5.73 Å². The molecular weight excluding hydrogens is 222 g/mol. The number of hydrogen-bond acceptors (Lipinski definition) is 5. The van der Waals surface area contributed by atoms with Gasteiger partial charge in [0.05, 0.1) is 0 Å². The Balaban J connectivity index is 2.31. The van der Waals surface area contributed by atoms with E-state index in [1.54, 1.807) is 10.9 Å². The van der Waals surface area contributed by atoms with Crippen LogP contribution >= 0.6 is 11.8 Å². The van der Waals surface area contributed by atoms with Crippen LogP contribution in [-0.2, 0) is 7.05 Å². The predicted molar refractivity (Wildman–Crippen MR) is 62.0 cm³/mol. The van der Waals surface area contributed by atoms with Crippen molar-refractivity contribution in [2.45, 2.75) is 23.1 Å². The summed E-state index contributed by atoms with van der Waals surface area (Å²) in [5.74, 6) is 0. The first kappa shape index (κ1) is 11.1. The van der Waals surface area contributed by atoms with Crippen molar-refractivity contribution < 1.29 is 0 Å². The molecule has 0 amide bonds. The third-order valence-corrected chi connectivity index (χ3v) is 3.24. The van der Waals surface area contributed by atoms with Gasteiger partial charge in [-0.15, -0.1) is 0 Å². The first-order valence-electron chi connectivity index (χ1n) is 4.91. The molecule has 0 radical (unpaired) electrons. The van der Waals surface area contributed by atoms with Gasteiger partial charge in [0.15, 0.2) is 5.16 Å². The minimum Gasteiger partial charge on any atom is -0.324 e. The highest BCUT2D eigenvalue weighted by Crippen LogP contribution is 2.28. The summed E-state index contributed by atoms with van der Waals surface area (Å²) >= 11 is 1.47. The number of aryl methyl sites for hydroxylation is 1. The molecule has 1 atom stereocenters. The van der Waals surface area contributed by atoms with Crippen molar-refractivity contribution in [3.8, 4) is 0 Å². The highest BCUT2D eigenvalue weighted by molar-refractivity contribution is 7.99. The minimum absolute atomic E-state index is 0.0376. The zero-order chi connectivity index (χ0) is 11.5. The molecule has 2 heterocycles. The minimum atomic E-state index is -0.0376. The zero-order valence-corrected chi connectivity index (χ0v) is 9.98. The van der Waals surface area contributed by atoms with E-state index in [-0.39, 0.29) is 6.04 Å². The molecule has 16 heavy (non-hydrogen) atoms. The van der Waals surface area contributed by atoms with Crippen molar-refractivity contribution in [1.29, 1.82) is 0 Å². The van der Waals surface area contributed by atoms with E-state index in [0.717, 1.165) is 15.7 Å². The lowest BCUT2D eigenvalue weighted by molar-refractivity contribution is 0.683. The summed E-state index contributed by atoms with van der Waals surface area (Å²) in [6.45, 7) is 1.94. The van der Waals surface area contributed by atoms with Gasteiger partial charge >= 0.3 is 0 Å². The fraction of sp³-hybridized carbons (Fsp3) is 0.300. The lowest BCUT2D eigenvalue weighted by Gasteiger charge is -2.09. The molecule has 0 aliphatic rings. The topological polar surface area (TPSA) is 69.6 Å². The molecule has 2 aromatic heterocycles. The number of nitrogens with two attached hydrogens (primary N) is 1. The van der Waals surface area contributed by atoms with Crippen molar-refractivity contribution in [3.63, 3.8) is 0 Å². The predicted octanol–water partition coefficient (Wildman–Crippen LogP) is 1.38. The molecular formula is C10H13N5S. The van der Waals surface area contributed by atoms with Gasteiger partial charge in [-0.05, 0) is 24.8 Å². The molecule has 0 fully saturated rings. The van der Waals surface area contributed by atoms with Gasteiger partial charge in [0, 0.05) is 24.8 Å². The largest absolute Gasteiger partial charge is 0.324 e. The van der Waals surface area contributed by atoms with Gasteiger partial charge < -0.3 is 5.73 Å². The molecule has 0 bridgehead atoms. The average molecular weight is 235 g/mol. The summed E-state index contributed by atoms with van der Waals surface area (Å²) in [4.78, 5) is 8.46. The van der Waals surface area contributed by atoms with Gasteiger partial charge in [-0.25, -0.2) is 14.6 Å². The smallest absolute Gasteiger partial charge is 0.192 e. The fourth-order valence-electron chi connectivity index (χ4n) is 1.30. The first-order chi connectivity index (χ1) is 7.68. The summed E-state index contributed by atoms with van der Waals surface area (Å²) in [6.07, 6.45) is 3.28. The molecule has 2 aromatic rings. The van der Waals surface area contributed by atoms with E-state index in [9.17, 15) is 0 Å². The Morgan fingerprint density at radius 3 is 2.88 bits per heavy atom. The van der Waals surface area contributed by atoms with Crippen LogP contribution in [0.4, 0.5) is 0 Å². The normalized spacial score (nSPS) is 12.7. The summed E-state index contributed by atoms with van der Waals surface area (Å²) < 4.78 is 1.71. The average Bonchev–Trinajstić information content (AvgIpc) is 2.65. The van der Waals surface area contributed by atoms with Crippen LogP contribution in [0.2, 0.25) is 0 Å². The molecule has 0 saturated carbocycles. The number of rotatable bonds is 3. The van der Waals surface area contributed by atoms with Crippen LogP contribution in [-0.4, -0.2) is 19.7 Å². The Labute approximate surface area is 98.1 Å². The molecule has 0 aliphatic carbocycles. The molecule has 5 nitrogen and oxygen atoms in total. The van der Waals surface area contributed by atoms with E-state index in [2.05, 4.69) is 15.1 Å². The molecule has 6 heteroatoms. The maximum Gasteiger partial charge on any atom is 0.192 e. The van der Waals surface area contributed by atoms with Crippen LogP contribution in [0.3, 0.4) is 0 Å². The molecule has 84 valence electrons. The molecule has 2 N–H and O–H groups in total. The van der Waals surface area contributed by atoms with Gasteiger partial charge in [-0.2, -0.15) is 5.10 Å². The highest BCUT2D eigenvalue weighted by atomic mass is 32.2. The maximum atomic E-state index is 5.89. The van der Waals surface area contributed by atoms with Crippen LogP contribution in [0.1, 0.15) is 18.5 Å². The van der Waals surface area contributed by atoms with Gasteiger partial charge in [0.1, 0.15) is 11.4 Å². The van der Waals surface area contributed by atoms with Gasteiger partial charge in [0.25, 0.3) is 0 Å². The Bertz CT molecular complexity index is 480. The van der Waals surface area contributed by atoms with E-state index >= 15 is 0 Å². The van der Waals surface area contributed by atoms with Crippen LogP contribution < -0.4 is 5.73 Å². The fourth-order valence-corrected chi connectivity index (χ4v) is 2.24. The standard InChI is InChI=1S/C10H13N5S/c1-7(11)8-4-3-5-12-9(8)16-10-13-6-14-15(10)2/h3-7H,11H2,1-2H3/t7-/m1/s1. The van der Waals surface area contributed by atoms with Crippen LogP contribution in [0.15, 0.2) is 34.8 Å². The van der Waals surface area contributed by atoms with Gasteiger partial charge in [0.2, 0.25) is 0 Å². The van der Waals surface area contributed by atoms with Crippen molar-refractivity contribution >= 4 is 11.8 Å². The molecule has 0 aliphatic heterocycles. The summed E-state index contributed by atoms with van der Waals surface area (Å²) in [5, 5.41) is 5.70. The van der Waals surface area contributed by atoms with E-state index in [1.807, 2.05) is 26.1 Å². The van der Waals surface area contributed by atoms with Crippen molar-refractivity contribution in [1.82, 2.24) is 19.7 Å². The number of hydrogen-bond donors (Lipinski definition) is 1. The van der Waals surface area contributed by atoms with Crippen molar-refractivity contribution in [3.05, 3.63) is 30.2 Å². The second-order valence-electron chi connectivity index (χ2n) is 3.45. The van der Waals surface area contributed by atoms with Crippen molar-refractivity contribution in [2.24, 2.45) is 12.8 Å². The monoisotopic (exact) mass is 235 g/mol. The number of nitrogens with zero attached hydrogens (tertiary/aromatic N) is 4. The summed E-state index contributed by atoms with van der Waals surface area (Å²) in [5.41, 5.74) is 6.91. The number of pyridine rings is 1. The third-order valence-electron chi connectivity index (χ3n) is 2.15. The lowest BCUT2D eigenvalue weighted by atomic mass is 10.2. The maximum absolute atomic E-state index is 5.89. The van der Waals surface area contributed by atoms with Gasteiger partial charge in [-0.3, -0.25) is 0 Å². The SMILES string of the molecule is C[C@@H](N)c1cccnc1Sc1ncnn1C. The van der Waals surface area contributed by atoms with Crippen molar-refractivity contribution in [2.75, 3.05) is 0 Å². The first-order valence-corrected chi connectivity index (χ1v) is 5.72. The molecule has 0 saturated heterocycles. The Kier molecular flexibility index (Phi) is 3.21. The lowest BCUT2D eigenvalue weighted by Crippen LogP contribution is -2.07. The van der Waals surface area contributed by atoms with E-state index in [1.165, 1.54) is 18.1 Å². The van der Waals surface area contributed by atoms with E-state index in [0.29, 0.717) is 0 Å². The summed E-state index contributed by atoms with van der Waals surface area (Å²) in [6, 6.07) is 3.83. The van der Waals surface area contributed by atoms with Crippen LogP contribution in [0, 0.1) is 0 Å². The summed E-state index contributed by atoms with van der Waals surface area (Å²) in [7, 11) is 1.85. The quantitative estimate of drug-likeness (QED) is 0.870. The second-order valence-corrected chi connectivity index (χ2v) is 4.41. The van der Waals surface area contributed by atoms with Gasteiger partial charge in [-0.1, -0.05) is 6.07 Å².